The number of ether oxygens (including phenoxy) is 1. The summed E-state index contributed by atoms with van der Waals surface area (Å²) in [5.41, 5.74) is 10.3. The van der Waals surface area contributed by atoms with Crippen molar-refractivity contribution in [2.75, 3.05) is 6.61 Å². The van der Waals surface area contributed by atoms with Gasteiger partial charge < -0.3 is 10.5 Å². The van der Waals surface area contributed by atoms with Gasteiger partial charge in [0, 0.05) is 11.1 Å². The molecule has 2 nitrogen and oxygen atoms in total. The van der Waals surface area contributed by atoms with Crippen LogP contribution in [0, 0.1) is 19.8 Å². The van der Waals surface area contributed by atoms with E-state index in [1.54, 1.807) is 0 Å². The maximum atomic E-state index is 6.64. The van der Waals surface area contributed by atoms with Gasteiger partial charge >= 0.3 is 0 Å². The van der Waals surface area contributed by atoms with Crippen molar-refractivity contribution < 1.29 is 4.74 Å². The molecule has 0 aliphatic heterocycles. The molecule has 2 saturated carbocycles. The second kappa shape index (κ2) is 4.82. The average Bonchev–Trinajstić information content (AvgIpc) is 3.12. The van der Waals surface area contributed by atoms with Crippen molar-refractivity contribution in [2.45, 2.75) is 57.9 Å². The van der Waals surface area contributed by atoms with E-state index in [1.807, 2.05) is 0 Å². The topological polar surface area (TPSA) is 35.2 Å². The van der Waals surface area contributed by atoms with Gasteiger partial charge in [-0.25, -0.2) is 0 Å². The van der Waals surface area contributed by atoms with E-state index in [0.29, 0.717) is 0 Å². The van der Waals surface area contributed by atoms with Gasteiger partial charge in [-0.2, -0.15) is 0 Å². The molecule has 0 spiro atoms. The molecule has 0 atom stereocenters. The molecule has 2 fully saturated rings. The Balaban J connectivity index is 1.94. The van der Waals surface area contributed by atoms with Crippen LogP contribution < -0.4 is 10.5 Å². The Hall–Kier alpha value is -1.02. The summed E-state index contributed by atoms with van der Waals surface area (Å²) in [6, 6.07) is 4.40. The van der Waals surface area contributed by atoms with E-state index in [-0.39, 0.29) is 5.54 Å². The van der Waals surface area contributed by atoms with Crippen LogP contribution in [0.3, 0.4) is 0 Å². The summed E-state index contributed by atoms with van der Waals surface area (Å²) in [5, 5.41) is 0. The molecular weight excluding hydrogens is 234 g/mol. The van der Waals surface area contributed by atoms with Crippen LogP contribution in [0.2, 0.25) is 0 Å². The molecule has 3 rings (SSSR count). The summed E-state index contributed by atoms with van der Waals surface area (Å²) in [4.78, 5) is 0. The minimum Gasteiger partial charge on any atom is -0.493 e. The Morgan fingerprint density at radius 2 is 1.89 bits per heavy atom. The zero-order valence-electron chi connectivity index (χ0n) is 12.2. The van der Waals surface area contributed by atoms with Crippen molar-refractivity contribution in [3.05, 3.63) is 28.8 Å². The number of nitrogens with two attached hydrogens (primary N) is 1. The SMILES string of the molecule is Cc1ccc(C2(N)CCCC2)c(OCC2CC2)c1C. The van der Waals surface area contributed by atoms with E-state index in [4.69, 9.17) is 10.5 Å². The number of hydrogen-bond donors (Lipinski definition) is 1. The van der Waals surface area contributed by atoms with E-state index in [2.05, 4.69) is 26.0 Å². The lowest BCUT2D eigenvalue weighted by Crippen LogP contribution is -2.34. The van der Waals surface area contributed by atoms with E-state index < -0.39 is 0 Å². The van der Waals surface area contributed by atoms with Crippen LogP contribution in [0.25, 0.3) is 0 Å². The first-order valence-electron chi connectivity index (χ1n) is 7.62. The molecule has 0 amide bonds. The molecule has 2 N–H and O–H groups in total. The lowest BCUT2D eigenvalue weighted by molar-refractivity contribution is 0.285. The van der Waals surface area contributed by atoms with E-state index in [1.165, 1.54) is 42.4 Å². The van der Waals surface area contributed by atoms with Gasteiger partial charge in [-0.1, -0.05) is 25.0 Å². The molecule has 1 aromatic carbocycles. The summed E-state index contributed by atoms with van der Waals surface area (Å²) in [7, 11) is 0. The fourth-order valence-corrected chi connectivity index (χ4v) is 3.13. The first-order valence-corrected chi connectivity index (χ1v) is 7.62. The predicted octanol–water partition coefficient (Wildman–Crippen LogP) is 3.82. The quantitative estimate of drug-likeness (QED) is 0.892. The Morgan fingerprint density at radius 1 is 1.21 bits per heavy atom. The molecule has 1 aromatic rings. The predicted molar refractivity (Wildman–Crippen MR) is 78.5 cm³/mol. The third kappa shape index (κ3) is 2.51. The van der Waals surface area contributed by atoms with Crippen LogP contribution in [0.4, 0.5) is 0 Å². The van der Waals surface area contributed by atoms with Crippen molar-refractivity contribution in [1.82, 2.24) is 0 Å². The third-order valence-corrected chi connectivity index (χ3v) is 4.87. The van der Waals surface area contributed by atoms with Gasteiger partial charge in [0.1, 0.15) is 5.75 Å². The molecule has 0 radical (unpaired) electrons. The molecule has 0 heterocycles. The Labute approximate surface area is 116 Å². The van der Waals surface area contributed by atoms with Crippen LogP contribution in [0.5, 0.6) is 5.75 Å². The summed E-state index contributed by atoms with van der Waals surface area (Å²) < 4.78 is 6.17. The van der Waals surface area contributed by atoms with Crippen LogP contribution in [0.1, 0.15) is 55.2 Å². The molecule has 0 bridgehead atoms. The van der Waals surface area contributed by atoms with Crippen molar-refractivity contribution in [2.24, 2.45) is 11.7 Å². The molecule has 2 aliphatic rings. The van der Waals surface area contributed by atoms with E-state index >= 15 is 0 Å². The first kappa shape index (κ1) is 13.0. The summed E-state index contributed by atoms with van der Waals surface area (Å²) >= 11 is 0. The largest absolute Gasteiger partial charge is 0.493 e. The van der Waals surface area contributed by atoms with Crippen LogP contribution in [-0.4, -0.2) is 6.61 Å². The summed E-state index contributed by atoms with van der Waals surface area (Å²) in [6.07, 6.45) is 7.32. The highest BCUT2D eigenvalue weighted by atomic mass is 16.5. The standard InChI is InChI=1S/C17H25NO/c1-12-5-8-15(17(18)9-3-4-10-17)16(13(12)2)19-11-14-6-7-14/h5,8,14H,3-4,6-7,9-11,18H2,1-2H3. The number of benzene rings is 1. The highest BCUT2D eigenvalue weighted by Crippen LogP contribution is 2.43. The fraction of sp³-hybridized carbons (Fsp3) is 0.647. The highest BCUT2D eigenvalue weighted by molar-refractivity contribution is 5.49. The molecular formula is C17H25NO. The maximum absolute atomic E-state index is 6.64. The van der Waals surface area contributed by atoms with Gasteiger partial charge in [0.2, 0.25) is 0 Å². The van der Waals surface area contributed by atoms with Crippen LogP contribution in [-0.2, 0) is 5.54 Å². The van der Waals surface area contributed by atoms with Gasteiger partial charge in [-0.3, -0.25) is 0 Å². The molecule has 2 aliphatic carbocycles. The molecule has 0 unspecified atom stereocenters. The zero-order chi connectivity index (χ0) is 13.5. The van der Waals surface area contributed by atoms with Gasteiger partial charge in [-0.05, 0) is 56.6 Å². The van der Waals surface area contributed by atoms with E-state index in [0.717, 1.165) is 31.1 Å². The second-order valence-electron chi connectivity index (χ2n) is 6.50. The lowest BCUT2D eigenvalue weighted by atomic mass is 9.86. The fourth-order valence-electron chi connectivity index (χ4n) is 3.13. The van der Waals surface area contributed by atoms with Crippen molar-refractivity contribution in [3.8, 4) is 5.75 Å². The molecule has 104 valence electrons. The van der Waals surface area contributed by atoms with Crippen molar-refractivity contribution in [3.63, 3.8) is 0 Å². The Kier molecular flexibility index (Phi) is 3.30. The molecule has 2 heteroatoms. The molecule has 0 aromatic heterocycles. The third-order valence-electron chi connectivity index (χ3n) is 4.87. The summed E-state index contributed by atoms with van der Waals surface area (Å²) in [5.74, 6) is 1.86. The summed E-state index contributed by atoms with van der Waals surface area (Å²) in [6.45, 7) is 5.19. The van der Waals surface area contributed by atoms with E-state index in [9.17, 15) is 0 Å². The van der Waals surface area contributed by atoms with Gasteiger partial charge in [0.25, 0.3) is 0 Å². The average molecular weight is 259 g/mol. The minimum absolute atomic E-state index is 0.155. The smallest absolute Gasteiger partial charge is 0.127 e. The van der Waals surface area contributed by atoms with Crippen molar-refractivity contribution in [1.29, 1.82) is 0 Å². The maximum Gasteiger partial charge on any atom is 0.127 e. The number of aryl methyl sites for hydroxylation is 1. The first-order chi connectivity index (χ1) is 9.10. The number of rotatable bonds is 4. The lowest BCUT2D eigenvalue weighted by Gasteiger charge is -2.28. The van der Waals surface area contributed by atoms with Gasteiger partial charge in [0.05, 0.1) is 6.61 Å². The van der Waals surface area contributed by atoms with Crippen molar-refractivity contribution >= 4 is 0 Å². The minimum atomic E-state index is -0.155. The highest BCUT2D eigenvalue weighted by Gasteiger charge is 2.35. The monoisotopic (exact) mass is 259 g/mol. The zero-order valence-corrected chi connectivity index (χ0v) is 12.2. The molecule has 19 heavy (non-hydrogen) atoms. The van der Waals surface area contributed by atoms with Crippen LogP contribution in [0.15, 0.2) is 12.1 Å². The second-order valence-corrected chi connectivity index (χ2v) is 6.50. The number of hydrogen-bond acceptors (Lipinski definition) is 2. The van der Waals surface area contributed by atoms with Crippen LogP contribution >= 0.6 is 0 Å². The van der Waals surface area contributed by atoms with Gasteiger partial charge in [-0.15, -0.1) is 0 Å². The molecule has 0 saturated heterocycles. The Bertz CT molecular complexity index is 470. The van der Waals surface area contributed by atoms with Gasteiger partial charge in [0.15, 0.2) is 0 Å². The normalized spacial score (nSPS) is 21.6. The Morgan fingerprint density at radius 3 is 2.53 bits per heavy atom.